The molecule has 0 aromatic heterocycles. The molecule has 0 fully saturated rings. The van der Waals surface area contributed by atoms with Gasteiger partial charge in [-0.25, -0.2) is 5.01 Å². The Balaban J connectivity index is 4.55. The number of rotatable bonds is 8. The monoisotopic (exact) mass is 277 g/mol. The molecule has 0 aromatic carbocycles. The zero-order valence-electron chi connectivity index (χ0n) is 13.3. The minimum atomic E-state index is 0.469. The van der Waals surface area contributed by atoms with Crippen molar-refractivity contribution in [1.82, 2.24) is 5.01 Å². The summed E-state index contributed by atoms with van der Waals surface area (Å²) in [7, 11) is 0. The third kappa shape index (κ3) is 7.56. The summed E-state index contributed by atoms with van der Waals surface area (Å²) >= 11 is 0. The predicted octanol–water partition coefficient (Wildman–Crippen LogP) is 3.38. The molecule has 0 atom stereocenters. The molecular weight excluding hydrogens is 250 g/mol. The van der Waals surface area contributed by atoms with Crippen molar-refractivity contribution in [2.75, 3.05) is 6.54 Å². The summed E-state index contributed by atoms with van der Waals surface area (Å²) in [6.07, 6.45) is 8.88. The highest BCUT2D eigenvalue weighted by Gasteiger charge is 2.01. The fourth-order valence-corrected chi connectivity index (χ4v) is 1.54. The first kappa shape index (κ1) is 18.2. The smallest absolute Gasteiger partial charge is 0.230 e. The maximum Gasteiger partial charge on any atom is 0.230 e. The molecule has 4 nitrogen and oxygen atoms in total. The van der Waals surface area contributed by atoms with Crippen LogP contribution in [0.1, 0.15) is 47.5 Å². The lowest BCUT2D eigenvalue weighted by molar-refractivity contribution is -0.117. The lowest BCUT2D eigenvalue weighted by Crippen LogP contribution is -2.18. The molecular formula is C16H27N3O. The summed E-state index contributed by atoms with van der Waals surface area (Å²) in [5, 5.41) is 5.62. The first-order valence-electron chi connectivity index (χ1n) is 6.93. The Morgan fingerprint density at radius 1 is 1.20 bits per heavy atom. The van der Waals surface area contributed by atoms with E-state index in [1.165, 1.54) is 10.6 Å². The van der Waals surface area contributed by atoms with Crippen molar-refractivity contribution < 1.29 is 4.79 Å². The molecule has 1 amide bonds. The molecule has 0 unspecified atom stereocenters. The second kappa shape index (κ2) is 10.0. The number of hydrogen-bond donors (Lipinski definition) is 1. The lowest BCUT2D eigenvalue weighted by Gasteiger charge is -2.11. The van der Waals surface area contributed by atoms with Crippen LogP contribution in [0.15, 0.2) is 40.2 Å². The summed E-state index contributed by atoms with van der Waals surface area (Å²) in [4.78, 5) is 11.0. The molecule has 0 radical (unpaired) electrons. The molecule has 0 aliphatic rings. The Morgan fingerprint density at radius 3 is 2.35 bits per heavy atom. The third-order valence-electron chi connectivity index (χ3n) is 2.99. The molecule has 0 rings (SSSR count). The van der Waals surface area contributed by atoms with Gasteiger partial charge in [0.05, 0.1) is 12.3 Å². The van der Waals surface area contributed by atoms with Crippen molar-refractivity contribution in [1.29, 1.82) is 0 Å². The average Bonchev–Trinajstić information content (AvgIpc) is 2.41. The van der Waals surface area contributed by atoms with Gasteiger partial charge in [-0.15, -0.1) is 0 Å². The quantitative estimate of drug-likeness (QED) is 0.320. The second-order valence-corrected chi connectivity index (χ2v) is 4.86. The second-order valence-electron chi connectivity index (χ2n) is 4.86. The Kier molecular flexibility index (Phi) is 9.09. The van der Waals surface area contributed by atoms with Gasteiger partial charge in [-0.05, 0) is 46.1 Å². The van der Waals surface area contributed by atoms with E-state index in [0.717, 1.165) is 30.5 Å². The summed E-state index contributed by atoms with van der Waals surface area (Å²) in [6, 6.07) is 0. The van der Waals surface area contributed by atoms with Gasteiger partial charge in [0.2, 0.25) is 6.41 Å². The summed E-state index contributed by atoms with van der Waals surface area (Å²) in [5.74, 6) is 0. The van der Waals surface area contributed by atoms with Gasteiger partial charge < -0.3 is 5.73 Å². The predicted molar refractivity (Wildman–Crippen MR) is 86.2 cm³/mol. The molecule has 0 saturated carbocycles. The van der Waals surface area contributed by atoms with Crippen LogP contribution in [0.2, 0.25) is 0 Å². The molecule has 0 aliphatic carbocycles. The normalized spacial score (nSPS) is 14.4. The molecule has 0 aromatic rings. The van der Waals surface area contributed by atoms with Gasteiger partial charge in [0.1, 0.15) is 0 Å². The first-order chi connectivity index (χ1) is 9.42. The minimum absolute atomic E-state index is 0.469. The lowest BCUT2D eigenvalue weighted by atomic mass is 10.2. The van der Waals surface area contributed by atoms with E-state index in [4.69, 9.17) is 5.73 Å². The Labute approximate surface area is 122 Å². The Hall–Kier alpha value is -1.84. The van der Waals surface area contributed by atoms with E-state index in [2.05, 4.69) is 31.1 Å². The number of hydrazone groups is 1. The fraction of sp³-hybridized carbons (Fsp3) is 0.500. The van der Waals surface area contributed by atoms with Gasteiger partial charge >= 0.3 is 0 Å². The van der Waals surface area contributed by atoms with E-state index in [-0.39, 0.29) is 0 Å². The number of hydrogen-bond acceptors (Lipinski definition) is 3. The first-order valence-corrected chi connectivity index (χ1v) is 6.93. The maximum absolute atomic E-state index is 11.0. The standard InChI is InChI=1S/C16H27N3O/c1-6-9-13(2)10-7-8-11-19(12-20)18-16(5)14(3)15(4)17/h7-9,12H,6,10-11,17H2,1-5H3/b8-7-,13-9-,15-14+,18-16-. The van der Waals surface area contributed by atoms with Crippen molar-refractivity contribution in [2.24, 2.45) is 10.8 Å². The van der Waals surface area contributed by atoms with Crippen molar-refractivity contribution in [2.45, 2.75) is 47.5 Å². The van der Waals surface area contributed by atoms with Gasteiger partial charge in [0.15, 0.2) is 0 Å². The van der Waals surface area contributed by atoms with E-state index < -0.39 is 0 Å². The van der Waals surface area contributed by atoms with Crippen LogP contribution in [-0.4, -0.2) is 23.7 Å². The van der Waals surface area contributed by atoms with Crippen LogP contribution in [0.25, 0.3) is 0 Å². The molecule has 20 heavy (non-hydrogen) atoms. The molecule has 0 aliphatic heterocycles. The largest absolute Gasteiger partial charge is 0.402 e. The molecule has 112 valence electrons. The maximum atomic E-state index is 11.0. The zero-order chi connectivity index (χ0) is 15.5. The zero-order valence-corrected chi connectivity index (χ0v) is 13.3. The number of allylic oxidation sites excluding steroid dienone is 5. The molecule has 0 spiro atoms. The van der Waals surface area contributed by atoms with Gasteiger partial charge in [0, 0.05) is 5.70 Å². The summed E-state index contributed by atoms with van der Waals surface area (Å²) < 4.78 is 0. The number of carbonyl (C=O) groups excluding carboxylic acids is 1. The van der Waals surface area contributed by atoms with E-state index in [1.54, 1.807) is 0 Å². The van der Waals surface area contributed by atoms with Crippen molar-refractivity contribution in [3.05, 3.63) is 35.1 Å². The van der Waals surface area contributed by atoms with Gasteiger partial charge in [-0.2, -0.15) is 5.10 Å². The highest BCUT2D eigenvalue weighted by atomic mass is 16.1. The topological polar surface area (TPSA) is 58.7 Å². The van der Waals surface area contributed by atoms with Crippen LogP contribution in [0, 0.1) is 0 Å². The molecule has 4 heteroatoms. The molecule has 0 saturated heterocycles. The van der Waals surface area contributed by atoms with Crippen LogP contribution in [0.3, 0.4) is 0 Å². The highest BCUT2D eigenvalue weighted by molar-refractivity contribution is 5.98. The SMILES string of the molecule is CC/C=C(/C)C/C=C\CN(C=O)/N=C(C)\C(C)=C(/C)N. The number of nitrogens with zero attached hydrogens (tertiary/aromatic N) is 2. The van der Waals surface area contributed by atoms with Crippen molar-refractivity contribution in [3.63, 3.8) is 0 Å². The van der Waals surface area contributed by atoms with Crippen LogP contribution in [0.5, 0.6) is 0 Å². The van der Waals surface area contributed by atoms with E-state index in [1.807, 2.05) is 26.8 Å². The summed E-state index contributed by atoms with van der Waals surface area (Å²) in [6.45, 7) is 10.3. The Morgan fingerprint density at radius 2 is 1.85 bits per heavy atom. The molecule has 0 heterocycles. The molecule has 0 bridgehead atoms. The van der Waals surface area contributed by atoms with Crippen molar-refractivity contribution >= 4 is 12.1 Å². The van der Waals surface area contributed by atoms with Crippen molar-refractivity contribution in [3.8, 4) is 0 Å². The highest BCUT2D eigenvalue weighted by Crippen LogP contribution is 2.04. The number of carbonyl (C=O) groups is 1. The van der Waals surface area contributed by atoms with Gasteiger partial charge in [0.25, 0.3) is 0 Å². The average molecular weight is 277 g/mol. The fourth-order valence-electron chi connectivity index (χ4n) is 1.54. The molecule has 2 N–H and O–H groups in total. The van der Waals surface area contributed by atoms with Gasteiger partial charge in [-0.1, -0.05) is 30.7 Å². The van der Waals surface area contributed by atoms with Gasteiger partial charge in [-0.3, -0.25) is 4.79 Å². The number of amides is 1. The van der Waals surface area contributed by atoms with E-state index in [9.17, 15) is 4.79 Å². The number of nitrogens with two attached hydrogens (primary N) is 1. The van der Waals surface area contributed by atoms with E-state index in [0.29, 0.717) is 12.2 Å². The van der Waals surface area contributed by atoms with Crippen LogP contribution in [0.4, 0.5) is 0 Å². The third-order valence-corrected chi connectivity index (χ3v) is 2.99. The van der Waals surface area contributed by atoms with Crippen LogP contribution in [-0.2, 0) is 4.79 Å². The minimum Gasteiger partial charge on any atom is -0.402 e. The summed E-state index contributed by atoms with van der Waals surface area (Å²) in [5.41, 5.74) is 9.42. The van der Waals surface area contributed by atoms with Crippen LogP contribution < -0.4 is 5.73 Å². The Bertz CT molecular complexity index is 427. The van der Waals surface area contributed by atoms with E-state index >= 15 is 0 Å². The van der Waals surface area contributed by atoms with Crippen LogP contribution >= 0.6 is 0 Å².